The molecule has 2 nitrogen and oxygen atoms in total. The Kier molecular flexibility index (Phi) is 12.6. The van der Waals surface area contributed by atoms with Gasteiger partial charge in [-0.1, -0.05) is 103 Å². The van der Waals surface area contributed by atoms with Crippen molar-refractivity contribution in [2.45, 2.75) is 117 Å². The maximum atomic E-state index is 5.92. The fourth-order valence-electron chi connectivity index (χ4n) is 5.40. The van der Waals surface area contributed by atoms with Crippen molar-refractivity contribution < 1.29 is 4.74 Å². The van der Waals surface area contributed by atoms with E-state index in [2.05, 4.69) is 56.4 Å². The molecule has 1 saturated carbocycles. The van der Waals surface area contributed by atoms with E-state index < -0.39 is 0 Å². The summed E-state index contributed by atoms with van der Waals surface area (Å²) in [4.78, 5) is 4.77. The summed E-state index contributed by atoms with van der Waals surface area (Å²) in [7, 11) is 0. The molecule has 1 aromatic carbocycles. The number of aryl methyl sites for hydroxylation is 1. The highest BCUT2D eigenvalue weighted by Gasteiger charge is 2.20. The van der Waals surface area contributed by atoms with Gasteiger partial charge in [0.2, 0.25) is 0 Å². The molecule has 1 aliphatic carbocycles. The molecule has 0 amide bonds. The van der Waals surface area contributed by atoms with Gasteiger partial charge in [-0.3, -0.25) is 4.98 Å². The quantitative estimate of drug-likeness (QED) is 0.231. The summed E-state index contributed by atoms with van der Waals surface area (Å²) in [5.41, 5.74) is 3.60. The minimum absolute atomic E-state index is 0.818. The van der Waals surface area contributed by atoms with Crippen LogP contribution in [0.5, 0.6) is 5.75 Å². The van der Waals surface area contributed by atoms with Gasteiger partial charge in [-0.2, -0.15) is 0 Å². The van der Waals surface area contributed by atoms with E-state index >= 15 is 0 Å². The summed E-state index contributed by atoms with van der Waals surface area (Å²) in [5, 5.41) is 0. The molecule has 1 fully saturated rings. The van der Waals surface area contributed by atoms with Crippen LogP contribution in [0.15, 0.2) is 42.6 Å². The second-order valence-corrected chi connectivity index (χ2v) is 10.6. The van der Waals surface area contributed by atoms with Crippen LogP contribution in [0.2, 0.25) is 0 Å². The van der Waals surface area contributed by atoms with Crippen LogP contribution in [0, 0.1) is 11.8 Å². The lowest BCUT2D eigenvalue weighted by molar-refractivity contribution is 0.249. The standard InChI is InChI=1S/C32H49NO/c1-3-5-7-8-9-11-25-34-31-22-20-30(21-23-31)32-24-19-29(26-33-32)18-17-28-15-13-27(14-16-28)12-10-6-4-2/h19-24,26-28H,3-18,25H2,1-2H3/t27-,28-. The average molecular weight is 464 g/mol. The number of rotatable bonds is 16. The zero-order chi connectivity index (χ0) is 23.8. The van der Waals surface area contributed by atoms with Crippen LogP contribution in [0.3, 0.4) is 0 Å². The Hall–Kier alpha value is -1.83. The summed E-state index contributed by atoms with van der Waals surface area (Å²) in [6.07, 6.45) is 23.8. The summed E-state index contributed by atoms with van der Waals surface area (Å²) in [5.74, 6) is 2.90. The zero-order valence-corrected chi connectivity index (χ0v) is 22.1. The predicted octanol–water partition coefficient (Wildman–Crippen LogP) is 9.81. The molecule has 0 spiro atoms. The first-order valence-corrected chi connectivity index (χ1v) is 14.5. The Morgan fingerprint density at radius 1 is 0.706 bits per heavy atom. The first-order valence-electron chi connectivity index (χ1n) is 14.5. The number of ether oxygens (including phenoxy) is 1. The Labute approximate surface area is 209 Å². The van der Waals surface area contributed by atoms with Crippen LogP contribution in [0.4, 0.5) is 0 Å². The summed E-state index contributed by atoms with van der Waals surface area (Å²) in [6.45, 7) is 5.39. The van der Waals surface area contributed by atoms with Crippen LogP contribution in [0.1, 0.15) is 116 Å². The van der Waals surface area contributed by atoms with E-state index in [0.717, 1.165) is 36.3 Å². The summed E-state index contributed by atoms with van der Waals surface area (Å²) < 4.78 is 5.92. The van der Waals surface area contributed by atoms with Crippen molar-refractivity contribution in [3.05, 3.63) is 48.2 Å². The number of unbranched alkanes of at least 4 members (excludes halogenated alkanes) is 7. The van der Waals surface area contributed by atoms with Crippen molar-refractivity contribution in [2.24, 2.45) is 11.8 Å². The lowest BCUT2D eigenvalue weighted by Crippen LogP contribution is -2.15. The van der Waals surface area contributed by atoms with E-state index in [-0.39, 0.29) is 0 Å². The second-order valence-electron chi connectivity index (χ2n) is 10.6. The highest BCUT2D eigenvalue weighted by Crippen LogP contribution is 2.34. The molecule has 188 valence electrons. The largest absolute Gasteiger partial charge is 0.494 e. The van der Waals surface area contributed by atoms with Crippen LogP contribution in [0.25, 0.3) is 11.3 Å². The first kappa shape index (κ1) is 26.8. The van der Waals surface area contributed by atoms with Crippen LogP contribution in [-0.2, 0) is 6.42 Å². The number of hydrogen-bond acceptors (Lipinski definition) is 2. The van der Waals surface area contributed by atoms with Crippen LogP contribution >= 0.6 is 0 Å². The first-order chi connectivity index (χ1) is 16.8. The van der Waals surface area contributed by atoms with E-state index in [1.165, 1.54) is 107 Å². The number of hydrogen-bond donors (Lipinski definition) is 0. The van der Waals surface area contributed by atoms with Gasteiger partial charge in [0.15, 0.2) is 0 Å². The van der Waals surface area contributed by atoms with E-state index in [9.17, 15) is 0 Å². The third kappa shape index (κ3) is 9.80. The van der Waals surface area contributed by atoms with E-state index in [0.29, 0.717) is 0 Å². The van der Waals surface area contributed by atoms with E-state index in [4.69, 9.17) is 9.72 Å². The van der Waals surface area contributed by atoms with Gasteiger partial charge < -0.3 is 4.74 Å². The lowest BCUT2D eigenvalue weighted by atomic mass is 9.78. The number of aromatic nitrogens is 1. The van der Waals surface area contributed by atoms with Gasteiger partial charge in [0.05, 0.1) is 12.3 Å². The van der Waals surface area contributed by atoms with Crippen molar-refractivity contribution in [3.8, 4) is 17.0 Å². The maximum Gasteiger partial charge on any atom is 0.119 e. The van der Waals surface area contributed by atoms with Gasteiger partial charge in [0, 0.05) is 11.8 Å². The molecular formula is C32H49NO. The normalized spacial score (nSPS) is 18.2. The number of benzene rings is 1. The van der Waals surface area contributed by atoms with Crippen molar-refractivity contribution >= 4 is 0 Å². The molecule has 1 aliphatic rings. The van der Waals surface area contributed by atoms with E-state index in [1.807, 2.05) is 0 Å². The smallest absolute Gasteiger partial charge is 0.119 e. The third-order valence-electron chi connectivity index (χ3n) is 7.76. The molecule has 3 rings (SSSR count). The molecular weight excluding hydrogens is 414 g/mol. The molecule has 0 N–H and O–H groups in total. The van der Waals surface area contributed by atoms with Crippen LogP contribution < -0.4 is 4.74 Å². The summed E-state index contributed by atoms with van der Waals surface area (Å²) >= 11 is 0. The Morgan fingerprint density at radius 2 is 1.35 bits per heavy atom. The van der Waals surface area contributed by atoms with Gasteiger partial charge in [-0.25, -0.2) is 0 Å². The Bertz CT molecular complexity index is 759. The fraction of sp³-hybridized carbons (Fsp3) is 0.656. The molecule has 34 heavy (non-hydrogen) atoms. The van der Waals surface area contributed by atoms with Crippen LogP contribution in [-0.4, -0.2) is 11.6 Å². The van der Waals surface area contributed by atoms with Crippen molar-refractivity contribution in [2.75, 3.05) is 6.61 Å². The number of pyridine rings is 1. The van der Waals surface area contributed by atoms with Gasteiger partial charge in [-0.15, -0.1) is 0 Å². The SMILES string of the molecule is CCCCCCCCOc1ccc(-c2ccc(CC[C@H]3CC[C@H](CCCCC)CC3)cn2)cc1. The van der Waals surface area contributed by atoms with Gasteiger partial charge >= 0.3 is 0 Å². The van der Waals surface area contributed by atoms with Gasteiger partial charge in [0.25, 0.3) is 0 Å². The van der Waals surface area contributed by atoms with Gasteiger partial charge in [0.1, 0.15) is 5.75 Å². The molecule has 0 aliphatic heterocycles. The molecule has 0 bridgehead atoms. The topological polar surface area (TPSA) is 22.1 Å². The molecule has 0 unspecified atom stereocenters. The lowest BCUT2D eigenvalue weighted by Gasteiger charge is -2.28. The molecule has 2 aromatic rings. The molecule has 2 heteroatoms. The minimum Gasteiger partial charge on any atom is -0.494 e. The van der Waals surface area contributed by atoms with Crippen molar-refractivity contribution in [3.63, 3.8) is 0 Å². The third-order valence-corrected chi connectivity index (χ3v) is 7.76. The zero-order valence-electron chi connectivity index (χ0n) is 22.1. The van der Waals surface area contributed by atoms with Crippen molar-refractivity contribution in [1.29, 1.82) is 0 Å². The molecule has 1 heterocycles. The highest BCUT2D eigenvalue weighted by molar-refractivity contribution is 5.60. The Morgan fingerprint density at radius 3 is 2.03 bits per heavy atom. The number of nitrogens with zero attached hydrogens (tertiary/aromatic N) is 1. The minimum atomic E-state index is 0.818. The highest BCUT2D eigenvalue weighted by atomic mass is 16.5. The molecule has 0 saturated heterocycles. The van der Waals surface area contributed by atoms with Crippen molar-refractivity contribution in [1.82, 2.24) is 4.98 Å². The Balaban J connectivity index is 1.34. The van der Waals surface area contributed by atoms with E-state index in [1.54, 1.807) is 0 Å². The maximum absolute atomic E-state index is 5.92. The fourth-order valence-corrected chi connectivity index (χ4v) is 5.40. The second kappa shape index (κ2) is 16.0. The predicted molar refractivity (Wildman–Crippen MR) is 146 cm³/mol. The molecule has 0 radical (unpaired) electrons. The van der Waals surface area contributed by atoms with Gasteiger partial charge in [-0.05, 0) is 67.0 Å². The summed E-state index contributed by atoms with van der Waals surface area (Å²) in [6, 6.07) is 12.9. The average Bonchev–Trinajstić information content (AvgIpc) is 2.88. The molecule has 0 atom stereocenters. The monoisotopic (exact) mass is 463 g/mol. The molecule has 1 aromatic heterocycles.